The number of thiophene rings is 1. The third-order valence-electron chi connectivity index (χ3n) is 3.29. The molecule has 1 saturated carbocycles. The van der Waals surface area contributed by atoms with Gasteiger partial charge in [-0.3, -0.25) is 9.78 Å². The first-order chi connectivity index (χ1) is 9.33. The lowest BCUT2D eigenvalue weighted by Gasteiger charge is -2.08. The summed E-state index contributed by atoms with van der Waals surface area (Å²) in [5.74, 6) is 0.786. The van der Waals surface area contributed by atoms with Crippen molar-refractivity contribution in [1.29, 1.82) is 0 Å². The molecule has 1 N–H and O–H groups in total. The quantitative estimate of drug-likeness (QED) is 0.908. The van der Waals surface area contributed by atoms with Gasteiger partial charge in [-0.25, -0.2) is 0 Å². The summed E-state index contributed by atoms with van der Waals surface area (Å²) in [6, 6.07) is 8.02. The zero-order valence-electron chi connectivity index (χ0n) is 10.6. The van der Waals surface area contributed by atoms with Gasteiger partial charge in [0.1, 0.15) is 0 Å². The van der Waals surface area contributed by atoms with Gasteiger partial charge in [0.15, 0.2) is 0 Å². The summed E-state index contributed by atoms with van der Waals surface area (Å²) in [6.07, 6.45) is 4.89. The van der Waals surface area contributed by atoms with E-state index in [1.165, 1.54) is 12.8 Å². The van der Waals surface area contributed by atoms with Crippen LogP contribution >= 0.6 is 11.3 Å². The Kier molecular flexibility index (Phi) is 3.60. The minimum atomic E-state index is 0.156. The molecule has 2 heterocycles. The lowest BCUT2D eigenvalue weighted by molar-refractivity contribution is -0.121. The van der Waals surface area contributed by atoms with Gasteiger partial charge in [-0.05, 0) is 41.8 Å². The lowest BCUT2D eigenvalue weighted by Crippen LogP contribution is -2.23. The van der Waals surface area contributed by atoms with Crippen LogP contribution in [0.1, 0.15) is 24.8 Å². The van der Waals surface area contributed by atoms with E-state index in [4.69, 9.17) is 0 Å². The second-order valence-corrected chi connectivity index (χ2v) is 5.86. The number of hydrogen-bond donors (Lipinski definition) is 1. The number of rotatable bonds is 5. The first-order valence-electron chi connectivity index (χ1n) is 6.57. The topological polar surface area (TPSA) is 42.0 Å². The molecule has 19 heavy (non-hydrogen) atoms. The van der Waals surface area contributed by atoms with Gasteiger partial charge >= 0.3 is 0 Å². The molecular weight excluding hydrogens is 256 g/mol. The number of aromatic nitrogens is 1. The van der Waals surface area contributed by atoms with Gasteiger partial charge in [0, 0.05) is 19.2 Å². The number of amides is 1. The molecule has 0 radical (unpaired) electrons. The Labute approximate surface area is 116 Å². The summed E-state index contributed by atoms with van der Waals surface area (Å²) in [6.45, 7) is 0.562. The third-order valence-corrected chi connectivity index (χ3v) is 4.17. The Hall–Kier alpha value is -1.68. The zero-order valence-corrected chi connectivity index (χ0v) is 11.5. The van der Waals surface area contributed by atoms with Crippen molar-refractivity contribution < 1.29 is 4.79 Å². The highest BCUT2D eigenvalue weighted by atomic mass is 32.1. The lowest BCUT2D eigenvalue weighted by atomic mass is 10.1. The predicted octanol–water partition coefficient (Wildman–Crippen LogP) is 3.23. The van der Waals surface area contributed by atoms with E-state index in [1.54, 1.807) is 17.5 Å². The van der Waals surface area contributed by atoms with Crippen LogP contribution in [0.25, 0.3) is 10.6 Å². The van der Waals surface area contributed by atoms with Crippen molar-refractivity contribution in [2.75, 3.05) is 0 Å². The first kappa shape index (κ1) is 12.4. The number of nitrogens with zero attached hydrogens (tertiary/aromatic N) is 1. The molecule has 0 atom stereocenters. The minimum absolute atomic E-state index is 0.156. The van der Waals surface area contributed by atoms with Crippen LogP contribution in [-0.2, 0) is 11.3 Å². The van der Waals surface area contributed by atoms with Crippen LogP contribution in [0.4, 0.5) is 0 Å². The first-order valence-corrected chi connectivity index (χ1v) is 7.45. The van der Waals surface area contributed by atoms with Gasteiger partial charge in [0.25, 0.3) is 0 Å². The monoisotopic (exact) mass is 272 g/mol. The second kappa shape index (κ2) is 5.53. The van der Waals surface area contributed by atoms with Crippen molar-refractivity contribution in [2.45, 2.75) is 25.8 Å². The summed E-state index contributed by atoms with van der Waals surface area (Å²) in [4.78, 5) is 17.3. The van der Waals surface area contributed by atoms with Gasteiger partial charge in [-0.1, -0.05) is 12.1 Å². The van der Waals surface area contributed by atoms with Crippen LogP contribution in [0.2, 0.25) is 0 Å². The van der Waals surface area contributed by atoms with Crippen LogP contribution in [0.3, 0.4) is 0 Å². The van der Waals surface area contributed by atoms with Crippen LogP contribution in [-0.4, -0.2) is 10.9 Å². The highest BCUT2D eigenvalue weighted by Gasteiger charge is 2.24. The van der Waals surface area contributed by atoms with Crippen molar-refractivity contribution in [2.24, 2.45) is 5.92 Å². The van der Waals surface area contributed by atoms with Crippen LogP contribution in [0.5, 0.6) is 0 Å². The Morgan fingerprint density at radius 2 is 2.26 bits per heavy atom. The Bertz CT molecular complexity index is 561. The maximum Gasteiger partial charge on any atom is 0.220 e. The predicted molar refractivity (Wildman–Crippen MR) is 76.7 cm³/mol. The standard InChI is InChI=1S/C15H16N2OS/c18-14(9-11-5-6-11)17-10-12-3-1-7-16-15(12)13-4-2-8-19-13/h1-4,7-8,11H,5-6,9-10H2,(H,17,18). The Balaban J connectivity index is 1.68. The van der Waals surface area contributed by atoms with Gasteiger partial charge in [-0.15, -0.1) is 11.3 Å². The van der Waals surface area contributed by atoms with E-state index in [9.17, 15) is 4.79 Å². The molecule has 2 aromatic rings. The molecule has 2 aromatic heterocycles. The smallest absolute Gasteiger partial charge is 0.220 e. The molecule has 98 valence electrons. The number of carbonyl (C=O) groups excluding carboxylic acids is 1. The largest absolute Gasteiger partial charge is 0.352 e. The number of carbonyl (C=O) groups is 1. The maximum absolute atomic E-state index is 11.7. The average molecular weight is 272 g/mol. The summed E-state index contributed by atoms with van der Waals surface area (Å²) >= 11 is 1.67. The molecule has 1 aliphatic carbocycles. The second-order valence-electron chi connectivity index (χ2n) is 4.91. The SMILES string of the molecule is O=C(CC1CC1)NCc1cccnc1-c1cccs1. The molecule has 0 aliphatic heterocycles. The fraction of sp³-hybridized carbons (Fsp3) is 0.333. The van der Waals surface area contributed by atoms with Crippen LogP contribution < -0.4 is 5.32 Å². The molecule has 4 heteroatoms. The van der Waals surface area contributed by atoms with Gasteiger partial charge in [0.2, 0.25) is 5.91 Å². The molecule has 1 amide bonds. The van der Waals surface area contributed by atoms with Gasteiger partial charge in [-0.2, -0.15) is 0 Å². The summed E-state index contributed by atoms with van der Waals surface area (Å²) < 4.78 is 0. The van der Waals surface area contributed by atoms with Crippen molar-refractivity contribution in [3.8, 4) is 10.6 Å². The van der Waals surface area contributed by atoms with Crippen molar-refractivity contribution >= 4 is 17.2 Å². The van der Waals surface area contributed by atoms with E-state index in [0.29, 0.717) is 18.9 Å². The fourth-order valence-electron chi connectivity index (χ4n) is 2.07. The number of pyridine rings is 1. The summed E-state index contributed by atoms with van der Waals surface area (Å²) in [7, 11) is 0. The van der Waals surface area contributed by atoms with E-state index in [-0.39, 0.29) is 5.91 Å². The van der Waals surface area contributed by atoms with Crippen molar-refractivity contribution in [1.82, 2.24) is 10.3 Å². The van der Waals surface area contributed by atoms with E-state index in [0.717, 1.165) is 16.1 Å². The molecule has 1 aliphatic rings. The molecule has 0 bridgehead atoms. The van der Waals surface area contributed by atoms with Gasteiger partial charge < -0.3 is 5.32 Å². The van der Waals surface area contributed by atoms with E-state index >= 15 is 0 Å². The van der Waals surface area contributed by atoms with Crippen LogP contribution in [0.15, 0.2) is 35.8 Å². The summed E-state index contributed by atoms with van der Waals surface area (Å²) in [5.41, 5.74) is 2.05. The normalized spacial score (nSPS) is 14.3. The van der Waals surface area contributed by atoms with E-state index in [1.807, 2.05) is 23.6 Å². The van der Waals surface area contributed by atoms with Crippen LogP contribution in [0, 0.1) is 5.92 Å². The Morgan fingerprint density at radius 3 is 3.00 bits per heavy atom. The number of nitrogens with one attached hydrogen (secondary N) is 1. The molecule has 0 aromatic carbocycles. The third kappa shape index (κ3) is 3.20. The molecule has 0 saturated heterocycles. The van der Waals surface area contributed by atoms with E-state index in [2.05, 4.69) is 16.4 Å². The molecule has 0 spiro atoms. The highest BCUT2D eigenvalue weighted by molar-refractivity contribution is 7.13. The minimum Gasteiger partial charge on any atom is -0.352 e. The van der Waals surface area contributed by atoms with Gasteiger partial charge in [0.05, 0.1) is 10.6 Å². The number of hydrogen-bond acceptors (Lipinski definition) is 3. The summed E-state index contributed by atoms with van der Waals surface area (Å²) in [5, 5.41) is 5.04. The molecule has 1 fully saturated rings. The average Bonchev–Trinajstić information content (AvgIpc) is 3.07. The molecule has 3 nitrogen and oxygen atoms in total. The fourth-order valence-corrected chi connectivity index (χ4v) is 2.82. The highest BCUT2D eigenvalue weighted by Crippen LogP contribution is 2.32. The molecule has 0 unspecified atom stereocenters. The van der Waals surface area contributed by atoms with E-state index < -0.39 is 0 Å². The zero-order chi connectivity index (χ0) is 13.1. The maximum atomic E-state index is 11.7. The molecular formula is C15H16N2OS. The van der Waals surface area contributed by atoms with Crippen molar-refractivity contribution in [3.05, 3.63) is 41.4 Å². The van der Waals surface area contributed by atoms with Crippen molar-refractivity contribution in [3.63, 3.8) is 0 Å². The Morgan fingerprint density at radius 1 is 1.37 bits per heavy atom. The molecule has 3 rings (SSSR count).